The van der Waals surface area contributed by atoms with E-state index in [-0.39, 0.29) is 18.5 Å². The van der Waals surface area contributed by atoms with Gasteiger partial charge in [-0.2, -0.15) is 0 Å². The zero-order valence-corrected chi connectivity index (χ0v) is 10.2. The lowest BCUT2D eigenvalue weighted by atomic mass is 10.3. The minimum absolute atomic E-state index is 0. The smallest absolute Gasteiger partial charge is 0.140 e. The number of nitrogens with two attached hydrogens (primary N) is 1. The molecule has 2 nitrogen and oxygen atoms in total. The molecule has 0 aliphatic carbocycles. The molecule has 0 aromatic heterocycles. The maximum absolute atomic E-state index is 5.88. The Hall–Kier alpha value is -0.310. The SMILES string of the molecule is CC(C)Oc1cc(N)c(Cl)cc1Cl.Cl. The normalized spacial score (nSPS) is 9.79. The molecule has 5 heteroatoms. The van der Waals surface area contributed by atoms with Crippen LogP contribution in [-0.4, -0.2) is 6.10 Å². The highest BCUT2D eigenvalue weighted by Gasteiger charge is 2.07. The van der Waals surface area contributed by atoms with Crippen molar-refractivity contribution >= 4 is 41.3 Å². The lowest BCUT2D eigenvalue weighted by Crippen LogP contribution is -2.06. The third-order valence-electron chi connectivity index (χ3n) is 1.41. The summed E-state index contributed by atoms with van der Waals surface area (Å²) < 4.78 is 5.41. The molecule has 0 heterocycles. The first-order valence-corrected chi connectivity index (χ1v) is 4.67. The minimum atomic E-state index is 0. The van der Waals surface area contributed by atoms with Crippen LogP contribution in [0.15, 0.2) is 12.1 Å². The Kier molecular flexibility index (Phi) is 5.42. The third-order valence-corrected chi connectivity index (χ3v) is 2.04. The first-order valence-electron chi connectivity index (χ1n) is 3.92. The van der Waals surface area contributed by atoms with E-state index >= 15 is 0 Å². The first-order chi connectivity index (χ1) is 6.00. The van der Waals surface area contributed by atoms with E-state index in [0.717, 1.165) is 0 Å². The van der Waals surface area contributed by atoms with Gasteiger partial charge in [0.05, 0.1) is 21.8 Å². The largest absolute Gasteiger partial charge is 0.489 e. The monoisotopic (exact) mass is 255 g/mol. The summed E-state index contributed by atoms with van der Waals surface area (Å²) >= 11 is 11.6. The van der Waals surface area contributed by atoms with E-state index in [4.69, 9.17) is 33.7 Å². The Balaban J connectivity index is 0.00000169. The van der Waals surface area contributed by atoms with E-state index in [1.807, 2.05) is 13.8 Å². The number of benzene rings is 1. The third kappa shape index (κ3) is 3.45. The Morgan fingerprint density at radius 2 is 1.79 bits per heavy atom. The number of halogens is 3. The van der Waals surface area contributed by atoms with Gasteiger partial charge in [-0.25, -0.2) is 0 Å². The van der Waals surface area contributed by atoms with Crippen LogP contribution in [0.25, 0.3) is 0 Å². The molecule has 0 atom stereocenters. The fourth-order valence-corrected chi connectivity index (χ4v) is 1.32. The topological polar surface area (TPSA) is 35.2 Å². The highest BCUT2D eigenvalue weighted by molar-refractivity contribution is 6.37. The van der Waals surface area contributed by atoms with E-state index in [2.05, 4.69) is 0 Å². The summed E-state index contributed by atoms with van der Waals surface area (Å²) in [4.78, 5) is 0. The Labute approximate surface area is 99.7 Å². The van der Waals surface area contributed by atoms with Crippen LogP contribution >= 0.6 is 35.6 Å². The Morgan fingerprint density at radius 3 is 2.29 bits per heavy atom. The van der Waals surface area contributed by atoms with E-state index < -0.39 is 0 Å². The highest BCUT2D eigenvalue weighted by Crippen LogP contribution is 2.32. The molecule has 1 rings (SSSR count). The Morgan fingerprint density at radius 1 is 1.21 bits per heavy atom. The van der Waals surface area contributed by atoms with Crippen LogP contribution < -0.4 is 10.5 Å². The molecule has 1 aromatic rings. The van der Waals surface area contributed by atoms with Crippen LogP contribution in [-0.2, 0) is 0 Å². The average molecular weight is 257 g/mol. The molecule has 1 aromatic carbocycles. The van der Waals surface area contributed by atoms with Crippen molar-refractivity contribution in [2.75, 3.05) is 5.73 Å². The van der Waals surface area contributed by atoms with Crippen molar-refractivity contribution in [3.8, 4) is 5.75 Å². The second-order valence-corrected chi connectivity index (χ2v) is 3.79. The number of hydrogen-bond donors (Lipinski definition) is 1. The van der Waals surface area contributed by atoms with Gasteiger partial charge in [0, 0.05) is 6.07 Å². The van der Waals surface area contributed by atoms with Crippen molar-refractivity contribution in [1.29, 1.82) is 0 Å². The van der Waals surface area contributed by atoms with Crippen molar-refractivity contribution in [3.63, 3.8) is 0 Å². The number of hydrogen-bond acceptors (Lipinski definition) is 2. The van der Waals surface area contributed by atoms with Gasteiger partial charge >= 0.3 is 0 Å². The van der Waals surface area contributed by atoms with E-state index in [1.165, 1.54) is 0 Å². The van der Waals surface area contributed by atoms with Crippen LogP contribution in [0.2, 0.25) is 10.0 Å². The quantitative estimate of drug-likeness (QED) is 0.817. The molecule has 0 saturated heterocycles. The van der Waals surface area contributed by atoms with Gasteiger partial charge in [0.15, 0.2) is 0 Å². The summed E-state index contributed by atoms with van der Waals surface area (Å²) in [5, 5.41) is 0.925. The fraction of sp³-hybridized carbons (Fsp3) is 0.333. The van der Waals surface area contributed by atoms with Crippen molar-refractivity contribution in [3.05, 3.63) is 22.2 Å². The van der Waals surface area contributed by atoms with Gasteiger partial charge < -0.3 is 10.5 Å². The van der Waals surface area contributed by atoms with Gasteiger partial charge in [0.2, 0.25) is 0 Å². The molecular weight excluding hydrogens is 244 g/mol. The molecule has 80 valence electrons. The lowest BCUT2D eigenvalue weighted by molar-refractivity contribution is 0.243. The second-order valence-electron chi connectivity index (χ2n) is 2.97. The zero-order valence-electron chi connectivity index (χ0n) is 7.88. The van der Waals surface area contributed by atoms with Crippen LogP contribution in [0.4, 0.5) is 5.69 Å². The molecule has 0 spiro atoms. The molecule has 0 aliphatic rings. The minimum Gasteiger partial charge on any atom is -0.489 e. The summed E-state index contributed by atoms with van der Waals surface area (Å²) in [6, 6.07) is 3.21. The molecule has 0 bridgehead atoms. The van der Waals surface area contributed by atoms with Crippen LogP contribution in [0.5, 0.6) is 5.75 Å². The molecule has 0 fully saturated rings. The van der Waals surface area contributed by atoms with Crippen molar-refractivity contribution < 1.29 is 4.74 Å². The van der Waals surface area contributed by atoms with Gasteiger partial charge in [-0.1, -0.05) is 23.2 Å². The van der Waals surface area contributed by atoms with E-state index in [0.29, 0.717) is 21.5 Å². The highest BCUT2D eigenvalue weighted by atomic mass is 35.5. The summed E-state index contributed by atoms with van der Waals surface area (Å²) in [7, 11) is 0. The molecule has 0 saturated carbocycles. The summed E-state index contributed by atoms with van der Waals surface area (Å²) in [6.45, 7) is 3.84. The fourth-order valence-electron chi connectivity index (χ4n) is 0.889. The van der Waals surface area contributed by atoms with Crippen LogP contribution in [0, 0.1) is 0 Å². The number of nitrogen functional groups attached to an aromatic ring is 1. The standard InChI is InChI=1S/C9H11Cl2NO.ClH/c1-5(2)13-9-4-8(12)6(10)3-7(9)11;/h3-5H,12H2,1-2H3;1H. The lowest BCUT2D eigenvalue weighted by Gasteiger charge is -2.12. The van der Waals surface area contributed by atoms with Gasteiger partial charge in [-0.15, -0.1) is 12.4 Å². The molecule has 14 heavy (non-hydrogen) atoms. The maximum atomic E-state index is 5.88. The molecular formula is C9H12Cl3NO. The molecule has 0 aliphatic heterocycles. The predicted molar refractivity (Wildman–Crippen MR) is 63.9 cm³/mol. The van der Waals surface area contributed by atoms with Gasteiger partial charge in [0.25, 0.3) is 0 Å². The maximum Gasteiger partial charge on any atom is 0.140 e. The Bertz CT molecular complexity index is 315. The van der Waals surface area contributed by atoms with Crippen molar-refractivity contribution in [2.45, 2.75) is 20.0 Å². The van der Waals surface area contributed by atoms with Crippen LogP contribution in [0.3, 0.4) is 0 Å². The van der Waals surface area contributed by atoms with E-state index in [9.17, 15) is 0 Å². The first kappa shape index (κ1) is 13.7. The van der Waals surface area contributed by atoms with Crippen molar-refractivity contribution in [1.82, 2.24) is 0 Å². The van der Waals surface area contributed by atoms with E-state index in [1.54, 1.807) is 12.1 Å². The number of ether oxygens (including phenoxy) is 1. The van der Waals surface area contributed by atoms with Crippen LogP contribution in [0.1, 0.15) is 13.8 Å². The van der Waals surface area contributed by atoms with Crippen molar-refractivity contribution in [2.24, 2.45) is 0 Å². The predicted octanol–water partition coefficient (Wildman–Crippen LogP) is 3.78. The zero-order chi connectivity index (χ0) is 10.0. The number of anilines is 1. The van der Waals surface area contributed by atoms with Gasteiger partial charge in [-0.05, 0) is 19.9 Å². The molecule has 0 radical (unpaired) electrons. The summed E-state index contributed by atoms with van der Waals surface area (Å²) in [5.74, 6) is 0.568. The second kappa shape index (κ2) is 5.54. The summed E-state index contributed by atoms with van der Waals surface area (Å²) in [6.07, 6.45) is 0.0677. The van der Waals surface area contributed by atoms with Gasteiger partial charge in [0.1, 0.15) is 5.75 Å². The van der Waals surface area contributed by atoms with Gasteiger partial charge in [-0.3, -0.25) is 0 Å². The molecule has 0 amide bonds. The molecule has 2 N–H and O–H groups in total. The number of rotatable bonds is 2. The summed E-state index contributed by atoms with van der Waals surface area (Å²) in [5.41, 5.74) is 6.07. The molecule has 0 unspecified atom stereocenters. The average Bonchev–Trinajstić information content (AvgIpc) is 1.99.